The van der Waals surface area contributed by atoms with Gasteiger partial charge in [0.05, 0.1) is 10.1 Å². The zero-order valence-electron chi connectivity index (χ0n) is 11.6. The first-order valence-electron chi connectivity index (χ1n) is 6.04. The van der Waals surface area contributed by atoms with Gasteiger partial charge in [0.2, 0.25) is 5.91 Å². The monoisotopic (exact) mass is 335 g/mol. The van der Waals surface area contributed by atoms with E-state index in [2.05, 4.69) is 5.32 Å². The van der Waals surface area contributed by atoms with Crippen LogP contribution in [0.3, 0.4) is 0 Å². The molecule has 0 unspecified atom stereocenters. The second kappa shape index (κ2) is 7.33. The van der Waals surface area contributed by atoms with Gasteiger partial charge in [0, 0.05) is 10.6 Å². The summed E-state index contributed by atoms with van der Waals surface area (Å²) < 4.78 is 0.726. The smallest absolute Gasteiger partial charge is 0.326 e. The van der Waals surface area contributed by atoms with Crippen molar-refractivity contribution in [2.75, 3.05) is 5.75 Å². The highest BCUT2D eigenvalue weighted by molar-refractivity contribution is 7.99. The van der Waals surface area contributed by atoms with E-state index in [-0.39, 0.29) is 11.7 Å². The first-order chi connectivity index (χ1) is 9.20. The molecule has 0 saturated carbocycles. The highest BCUT2D eigenvalue weighted by Crippen LogP contribution is 2.25. The molecule has 1 aromatic heterocycles. The number of amides is 1. The molecule has 0 bridgehead atoms. The van der Waals surface area contributed by atoms with Crippen LogP contribution in [0.15, 0.2) is 12.1 Å². The fourth-order valence-corrected chi connectivity index (χ4v) is 3.56. The third kappa shape index (κ3) is 5.73. The number of carboxylic acid groups (broad SMARTS) is 1. The van der Waals surface area contributed by atoms with Crippen LogP contribution in [-0.2, 0) is 15.3 Å². The summed E-state index contributed by atoms with van der Waals surface area (Å²) in [5.74, 6) is -0.353. The first kappa shape index (κ1) is 17.3. The SMILES string of the molecule is CC(C)(C)[C@@H](NC(=O)CSCc1ccc(Cl)s1)C(=O)O. The van der Waals surface area contributed by atoms with Gasteiger partial charge in [-0.05, 0) is 17.5 Å². The molecule has 0 spiro atoms. The van der Waals surface area contributed by atoms with Gasteiger partial charge in [0.15, 0.2) is 0 Å². The van der Waals surface area contributed by atoms with Gasteiger partial charge in [0.1, 0.15) is 6.04 Å². The fourth-order valence-electron chi connectivity index (χ4n) is 1.52. The van der Waals surface area contributed by atoms with Crippen LogP contribution in [-0.4, -0.2) is 28.8 Å². The Hall–Kier alpha value is -0.720. The summed E-state index contributed by atoms with van der Waals surface area (Å²) in [7, 11) is 0. The van der Waals surface area contributed by atoms with Crippen molar-refractivity contribution in [3.63, 3.8) is 0 Å². The standard InChI is InChI=1S/C13H18ClNO3S2/c1-13(2,3)11(12(17)18)15-10(16)7-19-6-8-4-5-9(14)20-8/h4-5,11H,6-7H2,1-3H3,(H,15,16)(H,17,18)/t11-/m0/s1. The van der Waals surface area contributed by atoms with Crippen LogP contribution in [0.4, 0.5) is 0 Å². The van der Waals surface area contributed by atoms with Crippen molar-refractivity contribution >= 4 is 46.6 Å². The van der Waals surface area contributed by atoms with E-state index in [0.29, 0.717) is 5.75 Å². The molecule has 1 amide bonds. The second-order valence-corrected chi connectivity index (χ2v) is 8.19. The average Bonchev–Trinajstić information content (AvgIpc) is 2.70. The van der Waals surface area contributed by atoms with E-state index in [1.54, 1.807) is 20.8 Å². The van der Waals surface area contributed by atoms with E-state index in [1.165, 1.54) is 23.1 Å². The van der Waals surface area contributed by atoms with Gasteiger partial charge in [0.25, 0.3) is 0 Å². The van der Waals surface area contributed by atoms with Gasteiger partial charge < -0.3 is 10.4 Å². The molecule has 1 aromatic rings. The van der Waals surface area contributed by atoms with Crippen LogP contribution in [0.5, 0.6) is 0 Å². The highest BCUT2D eigenvalue weighted by Gasteiger charge is 2.32. The predicted molar refractivity (Wildman–Crippen MR) is 84.5 cm³/mol. The van der Waals surface area contributed by atoms with Crippen molar-refractivity contribution in [3.8, 4) is 0 Å². The van der Waals surface area contributed by atoms with Gasteiger partial charge in [-0.25, -0.2) is 4.79 Å². The third-order valence-electron chi connectivity index (χ3n) is 2.52. The molecule has 0 aliphatic rings. The van der Waals surface area contributed by atoms with Crippen LogP contribution in [0.1, 0.15) is 25.6 Å². The van der Waals surface area contributed by atoms with Gasteiger partial charge in [-0.2, -0.15) is 0 Å². The lowest BCUT2D eigenvalue weighted by atomic mass is 9.87. The number of carbonyl (C=O) groups excluding carboxylic acids is 1. The van der Waals surface area contributed by atoms with E-state index in [9.17, 15) is 9.59 Å². The van der Waals surface area contributed by atoms with Crippen LogP contribution >= 0.6 is 34.7 Å². The molecule has 0 fully saturated rings. The first-order valence-corrected chi connectivity index (χ1v) is 8.39. The number of rotatable bonds is 6. The van der Waals surface area contributed by atoms with E-state index in [4.69, 9.17) is 16.7 Å². The zero-order valence-corrected chi connectivity index (χ0v) is 14.0. The van der Waals surface area contributed by atoms with Crippen LogP contribution in [0, 0.1) is 5.41 Å². The number of carbonyl (C=O) groups is 2. The number of hydrogen-bond donors (Lipinski definition) is 2. The highest BCUT2D eigenvalue weighted by atomic mass is 35.5. The molecule has 20 heavy (non-hydrogen) atoms. The molecule has 0 radical (unpaired) electrons. The molecule has 1 rings (SSSR count). The number of nitrogens with one attached hydrogen (secondary N) is 1. The molecule has 4 nitrogen and oxygen atoms in total. The Balaban J connectivity index is 2.41. The Morgan fingerprint density at radius 1 is 1.45 bits per heavy atom. The van der Waals surface area contributed by atoms with Gasteiger partial charge in [-0.15, -0.1) is 23.1 Å². The van der Waals surface area contributed by atoms with Crippen molar-refractivity contribution < 1.29 is 14.7 Å². The number of halogens is 1. The second-order valence-electron chi connectivity index (χ2n) is 5.40. The summed E-state index contributed by atoms with van der Waals surface area (Å²) in [6, 6.07) is 2.86. The van der Waals surface area contributed by atoms with E-state index >= 15 is 0 Å². The number of hydrogen-bond acceptors (Lipinski definition) is 4. The van der Waals surface area contributed by atoms with Crippen LogP contribution in [0.25, 0.3) is 0 Å². The maximum atomic E-state index is 11.8. The van der Waals surface area contributed by atoms with Gasteiger partial charge in [-0.1, -0.05) is 32.4 Å². The Kier molecular flexibility index (Phi) is 6.36. The van der Waals surface area contributed by atoms with E-state index in [0.717, 1.165) is 9.21 Å². The van der Waals surface area contributed by atoms with Gasteiger partial charge in [-0.3, -0.25) is 4.79 Å². The van der Waals surface area contributed by atoms with Crippen molar-refractivity contribution in [2.45, 2.75) is 32.6 Å². The van der Waals surface area contributed by atoms with Crippen molar-refractivity contribution in [2.24, 2.45) is 5.41 Å². The Morgan fingerprint density at radius 2 is 2.10 bits per heavy atom. The minimum atomic E-state index is -1.01. The number of carboxylic acids is 1. The molecule has 112 valence electrons. The Morgan fingerprint density at radius 3 is 2.55 bits per heavy atom. The molecule has 0 aromatic carbocycles. The number of aliphatic carboxylic acids is 1. The molecule has 1 heterocycles. The average molecular weight is 336 g/mol. The summed E-state index contributed by atoms with van der Waals surface area (Å²) >= 11 is 8.74. The summed E-state index contributed by atoms with van der Waals surface area (Å²) in [5, 5.41) is 11.7. The van der Waals surface area contributed by atoms with Crippen molar-refractivity contribution in [1.29, 1.82) is 0 Å². The third-order valence-corrected chi connectivity index (χ3v) is 4.92. The summed E-state index contributed by atoms with van der Waals surface area (Å²) in [6.07, 6.45) is 0. The molecular weight excluding hydrogens is 318 g/mol. The minimum Gasteiger partial charge on any atom is -0.480 e. The van der Waals surface area contributed by atoms with E-state index in [1.807, 2.05) is 12.1 Å². The minimum absolute atomic E-state index is 0.232. The van der Waals surface area contributed by atoms with Crippen molar-refractivity contribution in [3.05, 3.63) is 21.3 Å². The predicted octanol–water partition coefficient (Wildman–Crippen LogP) is 3.25. The molecule has 2 N–H and O–H groups in total. The lowest BCUT2D eigenvalue weighted by molar-refractivity contribution is -0.144. The fraction of sp³-hybridized carbons (Fsp3) is 0.538. The molecule has 0 saturated heterocycles. The molecular formula is C13H18ClNO3S2. The van der Waals surface area contributed by atoms with Gasteiger partial charge >= 0.3 is 5.97 Å². The lowest BCUT2D eigenvalue weighted by Crippen LogP contribution is -2.49. The Labute approximate surface area is 131 Å². The molecule has 0 aliphatic carbocycles. The number of thiophene rings is 1. The Bertz CT molecular complexity index is 482. The zero-order chi connectivity index (χ0) is 15.3. The lowest BCUT2D eigenvalue weighted by Gasteiger charge is -2.27. The summed E-state index contributed by atoms with van der Waals surface area (Å²) in [5.41, 5.74) is -0.520. The van der Waals surface area contributed by atoms with E-state index < -0.39 is 17.4 Å². The molecule has 7 heteroatoms. The van der Waals surface area contributed by atoms with Crippen LogP contribution in [0.2, 0.25) is 4.34 Å². The normalized spacial score (nSPS) is 13.0. The summed E-state index contributed by atoms with van der Waals surface area (Å²) in [4.78, 5) is 24.0. The molecule has 0 aliphatic heterocycles. The maximum absolute atomic E-state index is 11.8. The van der Waals surface area contributed by atoms with Crippen molar-refractivity contribution in [1.82, 2.24) is 5.32 Å². The topological polar surface area (TPSA) is 66.4 Å². The van der Waals surface area contributed by atoms with Crippen LogP contribution < -0.4 is 5.32 Å². The maximum Gasteiger partial charge on any atom is 0.326 e. The summed E-state index contributed by atoms with van der Waals surface area (Å²) in [6.45, 7) is 5.35. The quantitative estimate of drug-likeness (QED) is 0.837. The number of thioether (sulfide) groups is 1. The molecule has 1 atom stereocenters. The largest absolute Gasteiger partial charge is 0.480 e.